The van der Waals surface area contributed by atoms with Gasteiger partial charge in [0.15, 0.2) is 18.9 Å². The first-order valence-electron chi connectivity index (χ1n) is 37.8. The summed E-state index contributed by atoms with van der Waals surface area (Å²) in [5, 5.41) is 126. The lowest BCUT2D eigenvalue weighted by Gasteiger charge is -2.42. The van der Waals surface area contributed by atoms with E-state index in [9.17, 15) is 94.2 Å². The Hall–Kier alpha value is -6.81. The van der Waals surface area contributed by atoms with Crippen LogP contribution >= 0.6 is 0 Å². The van der Waals surface area contributed by atoms with E-state index < -0.39 is 189 Å². The molecule has 3 aliphatic heterocycles. The van der Waals surface area contributed by atoms with E-state index in [1.807, 2.05) is 39.0 Å². The molecular weight excluding hydrogens is 1470 g/mol. The quantitative estimate of drug-likeness (QED) is 0.0274. The van der Waals surface area contributed by atoms with Gasteiger partial charge in [-0.3, -0.25) is 43.2 Å². The Labute approximate surface area is 644 Å². The number of carbonyl (C=O) groups excluding carboxylic acids is 9. The first kappa shape index (κ1) is 94.8. The number of ether oxygens (including phenoxy) is 10. The van der Waals surface area contributed by atoms with Gasteiger partial charge in [0.1, 0.15) is 85.1 Å². The van der Waals surface area contributed by atoms with Gasteiger partial charge in [0.05, 0.1) is 104 Å². The van der Waals surface area contributed by atoms with Crippen molar-refractivity contribution in [3.8, 4) is 0 Å². The van der Waals surface area contributed by atoms with Crippen LogP contribution in [0.15, 0.2) is 30.5 Å². The molecule has 3 aliphatic rings. The summed E-state index contributed by atoms with van der Waals surface area (Å²) in [6, 6.07) is 1.78. The summed E-state index contributed by atoms with van der Waals surface area (Å²) in [6.45, 7) is 6.91. The minimum Gasteiger partial charge on any atom is -0.394 e. The topological polar surface area (TPSA) is 561 Å². The van der Waals surface area contributed by atoms with Crippen LogP contribution in [0.25, 0.3) is 10.9 Å². The highest BCUT2D eigenvalue weighted by molar-refractivity contribution is 5.90. The van der Waals surface area contributed by atoms with E-state index in [0.29, 0.717) is 51.6 Å². The number of aliphatic hydroxyl groups is 10. The summed E-state index contributed by atoms with van der Waals surface area (Å²) < 4.78 is 58.6. The predicted molar refractivity (Wildman–Crippen MR) is 390 cm³/mol. The number of amides is 9. The van der Waals surface area contributed by atoms with Crippen LogP contribution in [-0.4, -0.2) is 337 Å². The largest absolute Gasteiger partial charge is 0.394 e. The lowest BCUT2D eigenvalue weighted by molar-refractivity contribution is -0.272. The van der Waals surface area contributed by atoms with Crippen molar-refractivity contribution in [2.75, 3.05) is 112 Å². The molecule has 1 aromatic carbocycles. The highest BCUT2D eigenvalue weighted by atomic mass is 16.7. The van der Waals surface area contributed by atoms with Crippen molar-refractivity contribution < 1.29 is 142 Å². The monoisotopic (exact) mass is 1590 g/mol. The van der Waals surface area contributed by atoms with Gasteiger partial charge in [-0.2, -0.15) is 0 Å². The summed E-state index contributed by atoms with van der Waals surface area (Å²) in [5.41, 5.74) is 1.70. The van der Waals surface area contributed by atoms with E-state index in [-0.39, 0.29) is 124 Å². The van der Waals surface area contributed by atoms with Crippen molar-refractivity contribution in [2.45, 2.75) is 241 Å². The Morgan fingerprint density at radius 2 is 0.856 bits per heavy atom. The molecule has 632 valence electrons. The molecular formula is C72H120N10O29. The zero-order valence-electron chi connectivity index (χ0n) is 64.2. The number of hydrogen-bond acceptors (Lipinski definition) is 29. The Balaban J connectivity index is 1.15. The highest BCUT2D eigenvalue weighted by Gasteiger charge is 2.48. The molecule has 1 aromatic heterocycles. The zero-order chi connectivity index (χ0) is 81.6. The van der Waals surface area contributed by atoms with Crippen molar-refractivity contribution in [2.24, 2.45) is 0 Å². The minimum atomic E-state index is -1.55. The molecule has 0 radical (unpaired) electrons. The summed E-state index contributed by atoms with van der Waals surface area (Å²) in [4.78, 5) is 117. The van der Waals surface area contributed by atoms with Crippen molar-refractivity contribution >= 4 is 64.1 Å². The molecule has 0 bridgehead atoms. The van der Waals surface area contributed by atoms with Crippen LogP contribution in [0.1, 0.15) is 118 Å². The van der Waals surface area contributed by atoms with Gasteiger partial charge in [0.25, 0.3) is 0 Å². The summed E-state index contributed by atoms with van der Waals surface area (Å²) in [7, 11) is 0. The van der Waals surface area contributed by atoms with Gasteiger partial charge >= 0.3 is 0 Å². The van der Waals surface area contributed by atoms with Gasteiger partial charge in [-0.25, -0.2) is 0 Å². The summed E-state index contributed by atoms with van der Waals surface area (Å²) in [5.74, 6) is -5.04. The van der Waals surface area contributed by atoms with Gasteiger partial charge in [0.2, 0.25) is 53.2 Å². The fraction of sp³-hybridized carbons (Fsp3) is 0.764. The average molecular weight is 1590 g/mol. The van der Waals surface area contributed by atoms with Crippen molar-refractivity contribution in [3.05, 3.63) is 36.0 Å². The van der Waals surface area contributed by atoms with Crippen LogP contribution in [0.3, 0.4) is 0 Å². The highest BCUT2D eigenvalue weighted by Crippen LogP contribution is 2.27. The Morgan fingerprint density at radius 3 is 1.27 bits per heavy atom. The van der Waals surface area contributed by atoms with Crippen LogP contribution in [0.5, 0.6) is 0 Å². The number of benzene rings is 1. The summed E-state index contributed by atoms with van der Waals surface area (Å²) in [6.07, 6.45) is -12.5. The number of nitrogens with one attached hydrogen (secondary N) is 9. The molecule has 3 fully saturated rings. The van der Waals surface area contributed by atoms with Gasteiger partial charge in [-0.1, -0.05) is 31.0 Å². The predicted octanol–water partition coefficient (Wildman–Crippen LogP) is -5.98. The molecule has 18 atom stereocenters. The Bertz CT molecular complexity index is 3150. The van der Waals surface area contributed by atoms with Gasteiger partial charge in [-0.05, 0) is 70.9 Å². The molecule has 39 heteroatoms. The molecule has 0 saturated carbocycles. The molecule has 0 aliphatic carbocycles. The number of para-hydroxylation sites is 1. The zero-order valence-corrected chi connectivity index (χ0v) is 64.2. The molecule has 5 rings (SSSR count). The maximum Gasteiger partial charge on any atom is 0.242 e. The maximum absolute atomic E-state index is 13.9. The van der Waals surface area contributed by atoms with E-state index in [2.05, 4.69) is 64.7 Å². The molecule has 19 N–H and O–H groups in total. The van der Waals surface area contributed by atoms with Gasteiger partial charge in [0, 0.05) is 89.7 Å². The van der Waals surface area contributed by atoms with Crippen LogP contribution in [0.2, 0.25) is 0 Å². The van der Waals surface area contributed by atoms with Crippen LogP contribution < -0.4 is 47.9 Å². The number of unbranched alkanes of at least 4 members (excludes halogenated alkanes) is 3. The average Bonchev–Trinajstić information content (AvgIpc) is 1.79. The third kappa shape index (κ3) is 33.7. The molecule has 39 nitrogen and oxygen atoms in total. The van der Waals surface area contributed by atoms with E-state index in [4.69, 9.17) is 47.4 Å². The number of hydrogen-bond donors (Lipinski definition) is 19. The lowest BCUT2D eigenvalue weighted by atomic mass is 9.97. The van der Waals surface area contributed by atoms with E-state index in [1.54, 1.807) is 0 Å². The minimum absolute atomic E-state index is 0.0215. The van der Waals surface area contributed by atoms with Crippen LogP contribution in [0, 0.1) is 0 Å². The number of aliphatic hydroxyl groups excluding tert-OH is 10. The fourth-order valence-corrected chi connectivity index (χ4v) is 12.6. The standard InChI is InChI=1S/C72H120N10O29/c1-42(87)77-58-64(97)61(94)51(39-84)108-69(58)105-33-30-102-27-24-74-55(91)21-19-48(67(100)75-25-28-103-31-34-106-70-59(78-43(2)88)65(98)62(95)52(40-85)109-70)81-57(93)22-20-49(68(101)76-26-29-104-32-35-107-71-60(79-44(3)89)66(99)63(96)53(41-86)110-71)80-56(92)18-10-8-7-9-17-54(90)73-23-13-14-45-36-82(50-16-12-11-15-47(45)50)37-46(38-83)111-72(4,5)6/h11-12,15-16,36,46,48-49,51-53,58-66,69-71,83-86,94-99H,7-10,13-14,17-35,37-41H2,1-6H3,(H,73,90)(H,74,91)(H,75,100)(H,76,101)(H,77,87)(H,78,88)(H,79,89)(H,80,92)(H,81,93). The van der Waals surface area contributed by atoms with Gasteiger partial charge in [-0.15, -0.1) is 0 Å². The normalized spacial score (nSPS) is 24.8. The van der Waals surface area contributed by atoms with E-state index >= 15 is 0 Å². The second kappa shape index (κ2) is 50.4. The smallest absolute Gasteiger partial charge is 0.242 e. The second-order valence-corrected chi connectivity index (χ2v) is 28.2. The number of aromatic nitrogens is 1. The number of nitrogens with zero attached hydrogens (tertiary/aromatic N) is 1. The third-order valence-electron chi connectivity index (χ3n) is 18.1. The van der Waals surface area contributed by atoms with Crippen molar-refractivity contribution in [1.82, 2.24) is 52.4 Å². The van der Waals surface area contributed by atoms with Crippen LogP contribution in [-0.2, 0) is 103 Å². The lowest BCUT2D eigenvalue weighted by Crippen LogP contribution is -2.64. The van der Waals surface area contributed by atoms with Crippen molar-refractivity contribution in [3.63, 3.8) is 0 Å². The number of rotatable bonds is 52. The number of carbonyl (C=O) groups is 9. The summed E-state index contributed by atoms with van der Waals surface area (Å²) >= 11 is 0. The molecule has 2 aromatic rings. The molecule has 9 amide bonds. The molecule has 3 saturated heterocycles. The number of aryl methyl sites for hydroxylation is 1. The molecule has 0 spiro atoms. The van der Waals surface area contributed by atoms with Crippen molar-refractivity contribution in [1.29, 1.82) is 0 Å². The molecule has 4 heterocycles. The SMILES string of the molecule is CC(=O)NC1C(OCCOCCNC(=O)CCC(NC(=O)CCC(NC(=O)CCCCCCC(=O)NCCCc2cn(CC(CO)OC(C)(C)C)c3ccccc23)C(=O)NCCOCCOC2OC(CO)C(O)C(O)C2NC(C)=O)C(=O)NCCOCCOC2OC(CO)C(O)C(O)C2NC(C)=O)OC(CO)C(O)C1O. The first-order chi connectivity index (χ1) is 53.0. The first-order valence-corrected chi connectivity index (χ1v) is 37.8. The number of fused-ring (bicyclic) bond motifs is 1. The Morgan fingerprint density at radius 1 is 0.468 bits per heavy atom. The Kier molecular flexibility index (Phi) is 43.1. The van der Waals surface area contributed by atoms with E-state index in [1.165, 1.54) is 20.8 Å². The third-order valence-corrected chi connectivity index (χ3v) is 18.1. The van der Waals surface area contributed by atoms with Crippen LogP contribution in [0.4, 0.5) is 0 Å². The second-order valence-electron chi connectivity index (χ2n) is 28.2. The fourth-order valence-electron chi connectivity index (χ4n) is 12.6. The van der Waals surface area contributed by atoms with E-state index in [0.717, 1.165) is 16.5 Å². The van der Waals surface area contributed by atoms with Gasteiger partial charge < -0.3 is 151 Å². The maximum atomic E-state index is 13.9. The molecule has 111 heavy (non-hydrogen) atoms. The molecule has 18 unspecified atom stereocenters.